The van der Waals surface area contributed by atoms with Gasteiger partial charge in [0.1, 0.15) is 5.75 Å². The first-order chi connectivity index (χ1) is 7.99. The lowest BCUT2D eigenvalue weighted by molar-refractivity contribution is -0.138. The molecule has 0 fully saturated rings. The van der Waals surface area contributed by atoms with Crippen LogP contribution in [0.1, 0.15) is 18.9 Å². The van der Waals surface area contributed by atoms with E-state index in [1.165, 1.54) is 0 Å². The van der Waals surface area contributed by atoms with Gasteiger partial charge in [0.25, 0.3) is 0 Å². The molecule has 1 aromatic rings. The van der Waals surface area contributed by atoms with Gasteiger partial charge in [-0.05, 0) is 38.1 Å². The molecule has 0 amide bonds. The van der Waals surface area contributed by atoms with Crippen LogP contribution in [0, 0.1) is 0 Å². The number of rotatable bonds is 6. The molecule has 0 saturated heterocycles. The summed E-state index contributed by atoms with van der Waals surface area (Å²) < 4.78 is 5.08. The van der Waals surface area contributed by atoms with E-state index in [1.807, 2.05) is 31.2 Å². The standard InChI is InChI=1S/C13H19NO3/c1-13(14-2,9-12(15)16)8-10-4-6-11(17-3)7-5-10/h4-7,14H,8-9H2,1-3H3,(H,15,16). The Morgan fingerprint density at radius 3 is 2.41 bits per heavy atom. The predicted molar refractivity (Wildman–Crippen MR) is 66.4 cm³/mol. The Labute approximate surface area is 102 Å². The van der Waals surface area contributed by atoms with Crippen molar-refractivity contribution in [2.45, 2.75) is 25.3 Å². The van der Waals surface area contributed by atoms with Crippen molar-refractivity contribution in [3.63, 3.8) is 0 Å². The molecular formula is C13H19NO3. The van der Waals surface area contributed by atoms with Crippen molar-refractivity contribution in [1.82, 2.24) is 5.32 Å². The monoisotopic (exact) mass is 237 g/mol. The zero-order valence-corrected chi connectivity index (χ0v) is 10.5. The van der Waals surface area contributed by atoms with Crippen LogP contribution < -0.4 is 10.1 Å². The van der Waals surface area contributed by atoms with Crippen LogP contribution in [0.3, 0.4) is 0 Å². The number of carbonyl (C=O) groups is 1. The number of likely N-dealkylation sites (N-methyl/N-ethyl adjacent to an activating group) is 1. The molecule has 1 atom stereocenters. The number of nitrogens with one attached hydrogen (secondary N) is 1. The van der Waals surface area contributed by atoms with Crippen molar-refractivity contribution in [1.29, 1.82) is 0 Å². The highest BCUT2D eigenvalue weighted by Gasteiger charge is 2.25. The van der Waals surface area contributed by atoms with E-state index in [0.29, 0.717) is 6.42 Å². The van der Waals surface area contributed by atoms with E-state index < -0.39 is 11.5 Å². The number of ether oxygens (including phenoxy) is 1. The van der Waals surface area contributed by atoms with Gasteiger partial charge in [-0.2, -0.15) is 0 Å². The van der Waals surface area contributed by atoms with Gasteiger partial charge in [0.05, 0.1) is 13.5 Å². The number of carboxylic acids is 1. The van der Waals surface area contributed by atoms with E-state index in [0.717, 1.165) is 11.3 Å². The van der Waals surface area contributed by atoms with E-state index in [1.54, 1.807) is 14.2 Å². The molecule has 0 heterocycles. The zero-order valence-electron chi connectivity index (χ0n) is 10.5. The predicted octanol–water partition coefficient (Wildman–Crippen LogP) is 1.69. The van der Waals surface area contributed by atoms with E-state index in [9.17, 15) is 4.79 Å². The molecule has 1 aromatic carbocycles. The second-order valence-electron chi connectivity index (χ2n) is 4.41. The molecule has 0 bridgehead atoms. The third-order valence-corrected chi connectivity index (χ3v) is 2.90. The third-order valence-electron chi connectivity index (χ3n) is 2.90. The lowest BCUT2D eigenvalue weighted by Gasteiger charge is -2.27. The van der Waals surface area contributed by atoms with Crippen LogP contribution in [0.4, 0.5) is 0 Å². The molecule has 4 heteroatoms. The Balaban J connectivity index is 2.75. The molecule has 0 aliphatic rings. The zero-order chi connectivity index (χ0) is 12.9. The lowest BCUT2D eigenvalue weighted by Crippen LogP contribution is -2.43. The molecule has 0 aliphatic carbocycles. The van der Waals surface area contributed by atoms with Crippen molar-refractivity contribution in [3.8, 4) is 5.75 Å². The number of benzene rings is 1. The van der Waals surface area contributed by atoms with Gasteiger partial charge < -0.3 is 15.2 Å². The van der Waals surface area contributed by atoms with Gasteiger partial charge in [-0.25, -0.2) is 0 Å². The number of aliphatic carboxylic acids is 1. The Bertz CT molecular complexity index is 375. The van der Waals surface area contributed by atoms with E-state index in [2.05, 4.69) is 5.32 Å². The second-order valence-corrected chi connectivity index (χ2v) is 4.41. The molecule has 2 N–H and O–H groups in total. The van der Waals surface area contributed by atoms with Gasteiger partial charge in [-0.15, -0.1) is 0 Å². The van der Waals surface area contributed by atoms with Gasteiger partial charge in [-0.3, -0.25) is 4.79 Å². The third kappa shape index (κ3) is 4.07. The fraction of sp³-hybridized carbons (Fsp3) is 0.462. The molecule has 0 radical (unpaired) electrons. The SMILES string of the molecule is CNC(C)(CC(=O)O)Cc1ccc(OC)cc1. The maximum Gasteiger partial charge on any atom is 0.305 e. The average Bonchev–Trinajstić information content (AvgIpc) is 2.29. The number of methoxy groups -OCH3 is 1. The highest BCUT2D eigenvalue weighted by Crippen LogP contribution is 2.19. The maximum absolute atomic E-state index is 10.8. The van der Waals surface area contributed by atoms with Crippen LogP contribution in [-0.2, 0) is 11.2 Å². The van der Waals surface area contributed by atoms with Crippen molar-refractivity contribution in [3.05, 3.63) is 29.8 Å². The summed E-state index contributed by atoms with van der Waals surface area (Å²) in [6, 6.07) is 7.67. The Morgan fingerprint density at radius 1 is 1.41 bits per heavy atom. The first-order valence-corrected chi connectivity index (χ1v) is 5.53. The average molecular weight is 237 g/mol. The smallest absolute Gasteiger partial charge is 0.305 e. The van der Waals surface area contributed by atoms with Crippen molar-refractivity contribution in [2.75, 3.05) is 14.2 Å². The molecule has 0 aliphatic heterocycles. The fourth-order valence-corrected chi connectivity index (χ4v) is 1.77. The van der Waals surface area contributed by atoms with Crippen LogP contribution in [-0.4, -0.2) is 30.8 Å². The quantitative estimate of drug-likeness (QED) is 0.790. The van der Waals surface area contributed by atoms with Crippen molar-refractivity contribution < 1.29 is 14.6 Å². The van der Waals surface area contributed by atoms with Crippen molar-refractivity contribution in [2.24, 2.45) is 0 Å². The summed E-state index contributed by atoms with van der Waals surface area (Å²) in [5.41, 5.74) is 0.657. The highest BCUT2D eigenvalue weighted by atomic mass is 16.5. The largest absolute Gasteiger partial charge is 0.497 e. The minimum absolute atomic E-state index is 0.0928. The summed E-state index contributed by atoms with van der Waals surface area (Å²) in [5, 5.41) is 12.0. The van der Waals surface area contributed by atoms with E-state index in [-0.39, 0.29) is 6.42 Å². The van der Waals surface area contributed by atoms with E-state index in [4.69, 9.17) is 9.84 Å². The fourth-order valence-electron chi connectivity index (χ4n) is 1.77. The summed E-state index contributed by atoms with van der Waals surface area (Å²) in [7, 11) is 3.41. The van der Waals surface area contributed by atoms with Gasteiger partial charge in [0, 0.05) is 5.54 Å². The molecule has 17 heavy (non-hydrogen) atoms. The minimum atomic E-state index is -0.796. The number of hydrogen-bond donors (Lipinski definition) is 2. The van der Waals surface area contributed by atoms with Crippen LogP contribution in [0.5, 0.6) is 5.75 Å². The summed E-state index contributed by atoms with van der Waals surface area (Å²) >= 11 is 0. The normalized spacial score (nSPS) is 14.1. The first-order valence-electron chi connectivity index (χ1n) is 5.53. The molecule has 1 rings (SSSR count). The van der Waals surface area contributed by atoms with Gasteiger partial charge in [0.2, 0.25) is 0 Å². The Morgan fingerprint density at radius 2 is 2.00 bits per heavy atom. The van der Waals surface area contributed by atoms with Crippen LogP contribution in [0.15, 0.2) is 24.3 Å². The summed E-state index contributed by atoms with van der Waals surface area (Å²) in [5.74, 6) is 0.00788. The van der Waals surface area contributed by atoms with Crippen LogP contribution >= 0.6 is 0 Å². The summed E-state index contributed by atoms with van der Waals surface area (Å²) in [6.45, 7) is 1.91. The number of carboxylic acid groups (broad SMARTS) is 1. The van der Waals surface area contributed by atoms with E-state index >= 15 is 0 Å². The molecule has 0 aromatic heterocycles. The Kier molecular flexibility index (Phi) is 4.52. The number of hydrogen-bond acceptors (Lipinski definition) is 3. The molecule has 0 saturated carbocycles. The summed E-state index contributed by atoms with van der Waals surface area (Å²) in [4.78, 5) is 10.8. The molecule has 1 unspecified atom stereocenters. The van der Waals surface area contributed by atoms with Gasteiger partial charge >= 0.3 is 5.97 Å². The van der Waals surface area contributed by atoms with Gasteiger partial charge in [-0.1, -0.05) is 12.1 Å². The lowest BCUT2D eigenvalue weighted by atomic mass is 9.90. The van der Waals surface area contributed by atoms with Crippen LogP contribution in [0.25, 0.3) is 0 Å². The Hall–Kier alpha value is -1.55. The van der Waals surface area contributed by atoms with Crippen LogP contribution in [0.2, 0.25) is 0 Å². The highest BCUT2D eigenvalue weighted by molar-refractivity contribution is 5.68. The topological polar surface area (TPSA) is 58.6 Å². The minimum Gasteiger partial charge on any atom is -0.497 e. The molecule has 94 valence electrons. The first kappa shape index (κ1) is 13.5. The summed E-state index contributed by atoms with van der Waals surface area (Å²) in [6.07, 6.45) is 0.759. The molecular weight excluding hydrogens is 218 g/mol. The molecule has 4 nitrogen and oxygen atoms in total. The second kappa shape index (κ2) is 5.68. The van der Waals surface area contributed by atoms with Gasteiger partial charge in [0.15, 0.2) is 0 Å². The van der Waals surface area contributed by atoms with Crippen molar-refractivity contribution >= 4 is 5.97 Å². The maximum atomic E-state index is 10.8. The molecule has 0 spiro atoms.